The van der Waals surface area contributed by atoms with Crippen molar-refractivity contribution in [3.8, 4) is 17.2 Å². The molecule has 10 heteroatoms. The fraction of sp³-hybridized carbons (Fsp3) is 0.435. The van der Waals surface area contributed by atoms with Crippen LogP contribution in [0.15, 0.2) is 23.1 Å². The standard InChI is InChI=1S/C23H25NO8S/c1-10-19(27)17(12(3)25)21-18(20(10)28)23(4)15(32-21)7-14(26)16(22(23)29)11(2)24-8-13-5-6-33(30,31)9-13/h7,13,24,27-28H,5-6,8-9H2,1-4H3/b16-11+/t13-,23-/m0/s1. The summed E-state index contributed by atoms with van der Waals surface area (Å²) in [7, 11) is -3.06. The lowest BCUT2D eigenvalue weighted by atomic mass is 9.70. The number of ether oxygens (including phenoxy) is 1. The highest BCUT2D eigenvalue weighted by Gasteiger charge is 2.56. The SMILES string of the molecule is CC(=O)c1c(O)c(C)c(O)c2c1OC1=CC(=O)/C(=C(/C)NC[C@@H]3CCS(=O)(=O)C3)C(=O)[C@@]12C. The lowest BCUT2D eigenvalue weighted by Gasteiger charge is -2.29. The fourth-order valence-electron chi connectivity index (χ4n) is 4.78. The summed E-state index contributed by atoms with van der Waals surface area (Å²) in [4.78, 5) is 38.8. The Balaban J connectivity index is 1.78. The molecule has 0 radical (unpaired) electrons. The van der Waals surface area contributed by atoms with E-state index in [0.29, 0.717) is 18.7 Å². The molecule has 3 aliphatic rings. The minimum Gasteiger partial charge on any atom is -0.507 e. The highest BCUT2D eigenvalue weighted by atomic mass is 32.2. The summed E-state index contributed by atoms with van der Waals surface area (Å²) in [5, 5.41) is 24.2. The van der Waals surface area contributed by atoms with Crippen molar-refractivity contribution in [2.45, 2.75) is 39.5 Å². The molecule has 0 spiro atoms. The molecule has 3 N–H and O–H groups in total. The van der Waals surface area contributed by atoms with Gasteiger partial charge >= 0.3 is 0 Å². The number of hydrogen-bond donors (Lipinski definition) is 3. The van der Waals surface area contributed by atoms with E-state index in [1.54, 1.807) is 6.92 Å². The Hall–Kier alpha value is -3.14. The monoisotopic (exact) mass is 475 g/mol. The highest BCUT2D eigenvalue weighted by Crippen LogP contribution is 2.57. The Kier molecular flexibility index (Phi) is 5.19. The molecule has 1 saturated heterocycles. The molecule has 0 saturated carbocycles. The second-order valence-electron chi connectivity index (χ2n) is 9.04. The second-order valence-corrected chi connectivity index (χ2v) is 11.3. The van der Waals surface area contributed by atoms with Crippen molar-refractivity contribution in [3.63, 3.8) is 0 Å². The van der Waals surface area contributed by atoms with Crippen LogP contribution in [0, 0.1) is 12.8 Å². The fourth-order valence-corrected chi connectivity index (χ4v) is 6.64. The van der Waals surface area contributed by atoms with E-state index in [1.165, 1.54) is 20.8 Å². The van der Waals surface area contributed by atoms with Crippen LogP contribution in [0.3, 0.4) is 0 Å². The maximum absolute atomic E-state index is 13.7. The van der Waals surface area contributed by atoms with Gasteiger partial charge in [-0.15, -0.1) is 0 Å². The van der Waals surface area contributed by atoms with Crippen LogP contribution in [-0.2, 0) is 24.8 Å². The predicted octanol–water partition coefficient (Wildman–Crippen LogP) is 1.59. The summed E-state index contributed by atoms with van der Waals surface area (Å²) < 4.78 is 29.1. The Morgan fingerprint density at radius 3 is 2.48 bits per heavy atom. The minimum absolute atomic E-state index is 0.0255. The molecular formula is C23H25NO8S. The molecule has 2 atom stereocenters. The molecule has 0 unspecified atom stereocenters. The normalized spacial score (nSPS) is 26.9. The zero-order chi connectivity index (χ0) is 24.5. The first kappa shape index (κ1) is 23.0. The Bertz CT molecular complexity index is 1300. The van der Waals surface area contributed by atoms with Gasteiger partial charge in [-0.1, -0.05) is 0 Å². The van der Waals surface area contributed by atoms with Crippen LogP contribution in [0.4, 0.5) is 0 Å². The number of carbonyl (C=O) groups excluding carboxylic acids is 3. The van der Waals surface area contributed by atoms with Crippen LogP contribution < -0.4 is 10.1 Å². The van der Waals surface area contributed by atoms with E-state index < -0.39 is 38.4 Å². The third-order valence-electron chi connectivity index (χ3n) is 6.74. The molecule has 0 amide bonds. The first-order valence-corrected chi connectivity index (χ1v) is 12.4. The van der Waals surface area contributed by atoms with Gasteiger partial charge in [-0.3, -0.25) is 14.4 Å². The van der Waals surface area contributed by atoms with Gasteiger partial charge < -0.3 is 20.3 Å². The summed E-state index contributed by atoms with van der Waals surface area (Å²) in [6, 6.07) is 0. The van der Waals surface area contributed by atoms with E-state index in [1.807, 2.05) is 0 Å². The number of nitrogens with one attached hydrogen (secondary N) is 1. The van der Waals surface area contributed by atoms with Crippen LogP contribution >= 0.6 is 0 Å². The molecule has 33 heavy (non-hydrogen) atoms. The summed E-state index contributed by atoms with van der Waals surface area (Å²) in [6.07, 6.45) is 1.66. The van der Waals surface area contributed by atoms with Gasteiger partial charge in [0.2, 0.25) is 0 Å². The number of phenols is 2. The van der Waals surface area contributed by atoms with Gasteiger partial charge in [0, 0.05) is 23.9 Å². The molecule has 1 fully saturated rings. The van der Waals surface area contributed by atoms with Crippen molar-refractivity contribution in [1.29, 1.82) is 0 Å². The average Bonchev–Trinajstić information content (AvgIpc) is 3.21. The molecule has 2 aliphatic heterocycles. The number of carbonyl (C=O) groups is 3. The molecule has 176 valence electrons. The molecule has 2 heterocycles. The maximum Gasteiger partial charge on any atom is 0.194 e. The van der Waals surface area contributed by atoms with E-state index in [2.05, 4.69) is 5.32 Å². The van der Waals surface area contributed by atoms with Gasteiger partial charge in [0.15, 0.2) is 27.2 Å². The maximum atomic E-state index is 13.7. The van der Waals surface area contributed by atoms with Gasteiger partial charge in [0.25, 0.3) is 0 Å². The van der Waals surface area contributed by atoms with Crippen LogP contribution in [-0.4, -0.2) is 54.0 Å². The van der Waals surface area contributed by atoms with E-state index in [0.717, 1.165) is 6.08 Å². The third-order valence-corrected chi connectivity index (χ3v) is 8.58. The van der Waals surface area contributed by atoms with E-state index in [9.17, 15) is 33.0 Å². The first-order chi connectivity index (χ1) is 15.3. The number of ketones is 3. The number of Topliss-reactive ketones (excluding diaryl/α,β-unsaturated/α-hetero) is 2. The highest BCUT2D eigenvalue weighted by molar-refractivity contribution is 7.91. The number of rotatable bonds is 4. The van der Waals surface area contributed by atoms with Crippen LogP contribution in [0.2, 0.25) is 0 Å². The third kappa shape index (κ3) is 3.35. The van der Waals surface area contributed by atoms with Gasteiger partial charge in [0.1, 0.15) is 34.0 Å². The van der Waals surface area contributed by atoms with Crippen molar-refractivity contribution in [3.05, 3.63) is 39.8 Å². The second kappa shape index (κ2) is 7.44. The van der Waals surface area contributed by atoms with Crippen molar-refractivity contribution >= 4 is 27.2 Å². The number of hydrogen-bond acceptors (Lipinski definition) is 9. The molecule has 1 aliphatic carbocycles. The van der Waals surface area contributed by atoms with E-state index in [4.69, 9.17) is 4.74 Å². The first-order valence-electron chi connectivity index (χ1n) is 10.5. The average molecular weight is 476 g/mol. The summed E-state index contributed by atoms with van der Waals surface area (Å²) in [5.74, 6) is -2.69. The van der Waals surface area contributed by atoms with Gasteiger partial charge in [-0.25, -0.2) is 8.42 Å². The summed E-state index contributed by atoms with van der Waals surface area (Å²) in [6.45, 7) is 6.00. The quantitative estimate of drug-likeness (QED) is 0.335. The molecule has 0 aromatic heterocycles. The summed E-state index contributed by atoms with van der Waals surface area (Å²) in [5.41, 5.74) is -1.53. The molecule has 1 aromatic rings. The van der Waals surface area contributed by atoms with Gasteiger partial charge in [-0.05, 0) is 40.0 Å². The van der Waals surface area contributed by atoms with Crippen molar-refractivity contribution in [2.75, 3.05) is 18.1 Å². The van der Waals surface area contributed by atoms with Crippen molar-refractivity contribution in [1.82, 2.24) is 5.32 Å². The number of benzene rings is 1. The lowest BCUT2D eigenvalue weighted by Crippen LogP contribution is -2.41. The van der Waals surface area contributed by atoms with E-state index in [-0.39, 0.29) is 56.9 Å². The van der Waals surface area contributed by atoms with E-state index >= 15 is 0 Å². The summed E-state index contributed by atoms with van der Waals surface area (Å²) >= 11 is 0. The van der Waals surface area contributed by atoms with Gasteiger partial charge in [0.05, 0.1) is 22.6 Å². The Morgan fingerprint density at radius 2 is 1.91 bits per heavy atom. The van der Waals surface area contributed by atoms with Gasteiger partial charge in [-0.2, -0.15) is 0 Å². The largest absolute Gasteiger partial charge is 0.507 e. The smallest absolute Gasteiger partial charge is 0.194 e. The molecular weight excluding hydrogens is 450 g/mol. The number of fused-ring (bicyclic) bond motifs is 3. The number of phenolic OH excluding ortho intramolecular Hbond substituents is 2. The van der Waals surface area contributed by atoms with Crippen LogP contribution in [0.1, 0.15) is 48.7 Å². The topological polar surface area (TPSA) is 147 Å². The number of allylic oxidation sites excluding steroid dienone is 4. The Morgan fingerprint density at radius 1 is 1.24 bits per heavy atom. The van der Waals surface area contributed by atoms with Crippen LogP contribution in [0.25, 0.3) is 0 Å². The molecule has 0 bridgehead atoms. The van der Waals surface area contributed by atoms with Crippen molar-refractivity contribution in [2.24, 2.45) is 5.92 Å². The zero-order valence-corrected chi connectivity index (χ0v) is 19.6. The minimum atomic E-state index is -3.06. The predicted molar refractivity (Wildman–Crippen MR) is 118 cm³/mol. The lowest BCUT2D eigenvalue weighted by molar-refractivity contribution is -0.123. The number of aromatic hydroxyl groups is 2. The molecule has 1 aromatic carbocycles. The van der Waals surface area contributed by atoms with Crippen LogP contribution in [0.5, 0.6) is 17.2 Å². The Labute approximate surface area is 191 Å². The molecule has 4 rings (SSSR count). The number of sulfone groups is 1. The zero-order valence-electron chi connectivity index (χ0n) is 18.7. The molecule has 9 nitrogen and oxygen atoms in total. The van der Waals surface area contributed by atoms with Crippen molar-refractivity contribution < 1.29 is 37.8 Å².